The van der Waals surface area contributed by atoms with E-state index in [1.165, 1.54) is 44.9 Å². The molecule has 5 heteroatoms. The van der Waals surface area contributed by atoms with Crippen LogP contribution in [0.2, 0.25) is 0 Å². The summed E-state index contributed by atoms with van der Waals surface area (Å²) < 4.78 is 4.63. The molecule has 2 heterocycles. The molecular weight excluding hydrogens is 635 g/mol. The number of hydrogen-bond acceptors (Lipinski definition) is 1. The van der Waals surface area contributed by atoms with Crippen molar-refractivity contribution in [1.29, 1.82) is 5.41 Å². The molecule has 0 saturated heterocycles. The standard InChI is InChI=1S/C47H41N5/c1-30-19-22-43-38(25-30)40-27-34(20-23-44(40)51(43)42-18-10-15-35-28-37(35)42)33-21-24-45-39(26-33)36-16-8-9-17-41(36)52(45)47(48)50-46(32-13-6-3-7-14-32)49-29-31-11-4-2-5-12-31/h2,4-6,8-13,15-17,19-27,29,32,35,37,42,48H,3,7,14,18,28H2,1H3. The number of benzene rings is 5. The molecule has 5 aromatic carbocycles. The van der Waals surface area contributed by atoms with Crippen LogP contribution < -0.4 is 0 Å². The maximum Gasteiger partial charge on any atom is 0.228 e. The van der Waals surface area contributed by atoms with Gasteiger partial charge in [-0.2, -0.15) is 4.99 Å². The van der Waals surface area contributed by atoms with Crippen molar-refractivity contribution >= 4 is 61.6 Å². The Bertz CT molecular complexity index is 2670. The molecule has 0 aliphatic heterocycles. The molecule has 4 unspecified atom stereocenters. The van der Waals surface area contributed by atoms with E-state index in [1.54, 1.807) is 0 Å². The highest BCUT2D eigenvalue weighted by Gasteiger charge is 2.44. The van der Waals surface area contributed by atoms with E-state index in [9.17, 15) is 5.41 Å². The molecule has 1 saturated carbocycles. The smallest absolute Gasteiger partial charge is 0.228 e. The largest absolute Gasteiger partial charge is 0.337 e. The van der Waals surface area contributed by atoms with Crippen LogP contribution in [0.25, 0.3) is 54.7 Å². The van der Waals surface area contributed by atoms with Gasteiger partial charge in [-0.25, -0.2) is 4.99 Å². The van der Waals surface area contributed by atoms with Gasteiger partial charge in [-0.15, -0.1) is 0 Å². The third-order valence-corrected chi connectivity index (χ3v) is 11.6. The fourth-order valence-corrected chi connectivity index (χ4v) is 8.92. The number of hydrogen-bond donors (Lipinski definition) is 1. The van der Waals surface area contributed by atoms with E-state index < -0.39 is 0 Å². The van der Waals surface area contributed by atoms with Crippen LogP contribution >= 0.6 is 0 Å². The van der Waals surface area contributed by atoms with Gasteiger partial charge in [-0.3, -0.25) is 9.98 Å². The number of nitrogens with zero attached hydrogens (tertiary/aromatic N) is 4. The maximum absolute atomic E-state index is 9.42. The van der Waals surface area contributed by atoms with Gasteiger partial charge in [0.1, 0.15) is 5.84 Å². The quantitative estimate of drug-likeness (QED) is 0.110. The molecule has 4 atom stereocenters. The van der Waals surface area contributed by atoms with Gasteiger partial charge >= 0.3 is 0 Å². The molecule has 254 valence electrons. The molecular formula is C47H41N5. The summed E-state index contributed by atoms with van der Waals surface area (Å²) >= 11 is 0. The minimum Gasteiger partial charge on any atom is -0.337 e. The molecule has 3 aliphatic carbocycles. The lowest BCUT2D eigenvalue weighted by Crippen LogP contribution is -2.17. The Morgan fingerprint density at radius 2 is 1.44 bits per heavy atom. The van der Waals surface area contributed by atoms with Crippen LogP contribution in [-0.2, 0) is 0 Å². The van der Waals surface area contributed by atoms with E-state index in [2.05, 4.69) is 109 Å². The number of aliphatic imine (C=N–C) groups is 2. The van der Waals surface area contributed by atoms with E-state index in [-0.39, 0.29) is 11.9 Å². The summed E-state index contributed by atoms with van der Waals surface area (Å²) in [5.41, 5.74) is 9.31. The molecule has 0 spiro atoms. The monoisotopic (exact) mass is 675 g/mol. The van der Waals surface area contributed by atoms with Crippen molar-refractivity contribution in [2.24, 2.45) is 27.7 Å². The average Bonchev–Trinajstić information content (AvgIpc) is 3.83. The topological polar surface area (TPSA) is 58.4 Å². The van der Waals surface area contributed by atoms with Crippen LogP contribution in [0.5, 0.6) is 0 Å². The molecule has 7 aromatic rings. The van der Waals surface area contributed by atoms with Crippen molar-refractivity contribution in [3.05, 3.63) is 145 Å². The zero-order valence-electron chi connectivity index (χ0n) is 29.4. The highest BCUT2D eigenvalue weighted by atomic mass is 15.2. The summed E-state index contributed by atoms with van der Waals surface area (Å²) in [7, 11) is 0. The first-order valence-corrected chi connectivity index (χ1v) is 18.8. The molecule has 1 fully saturated rings. The van der Waals surface area contributed by atoms with E-state index in [1.807, 2.05) is 47.2 Å². The Morgan fingerprint density at radius 1 is 0.731 bits per heavy atom. The molecule has 0 amide bonds. The third-order valence-electron chi connectivity index (χ3n) is 11.6. The van der Waals surface area contributed by atoms with Crippen LogP contribution in [0.15, 0.2) is 143 Å². The van der Waals surface area contributed by atoms with E-state index in [0.717, 1.165) is 64.9 Å². The maximum atomic E-state index is 9.42. The highest BCUT2D eigenvalue weighted by Crippen LogP contribution is 2.53. The normalized spacial score (nSPS) is 21.5. The molecule has 10 rings (SSSR count). The van der Waals surface area contributed by atoms with Crippen molar-refractivity contribution < 1.29 is 0 Å². The van der Waals surface area contributed by atoms with Crippen molar-refractivity contribution in [3.63, 3.8) is 0 Å². The van der Waals surface area contributed by atoms with Crippen LogP contribution in [0.3, 0.4) is 0 Å². The predicted octanol–water partition coefficient (Wildman–Crippen LogP) is 11.7. The zero-order chi connectivity index (χ0) is 34.8. The molecule has 1 N–H and O–H groups in total. The van der Waals surface area contributed by atoms with E-state index in [0.29, 0.717) is 11.9 Å². The fraction of sp³-hybridized carbons (Fsp3) is 0.213. The molecule has 2 aromatic heterocycles. The summed E-state index contributed by atoms with van der Waals surface area (Å²) in [4.78, 5) is 9.85. The van der Waals surface area contributed by atoms with Gasteiger partial charge in [-0.1, -0.05) is 96.6 Å². The number of amidine groups is 1. The second-order valence-corrected chi connectivity index (χ2v) is 14.9. The summed E-state index contributed by atoms with van der Waals surface area (Å²) in [5.74, 6) is 2.43. The lowest BCUT2D eigenvalue weighted by molar-refractivity contribution is 0.448. The fourth-order valence-electron chi connectivity index (χ4n) is 8.92. The molecule has 0 bridgehead atoms. The third kappa shape index (κ3) is 5.26. The van der Waals surface area contributed by atoms with Crippen molar-refractivity contribution in [2.75, 3.05) is 0 Å². The van der Waals surface area contributed by atoms with Gasteiger partial charge in [0.25, 0.3) is 0 Å². The van der Waals surface area contributed by atoms with Crippen LogP contribution in [0.4, 0.5) is 0 Å². The van der Waals surface area contributed by atoms with E-state index >= 15 is 0 Å². The minimum atomic E-state index is 0.0821. The highest BCUT2D eigenvalue weighted by molar-refractivity contribution is 6.16. The van der Waals surface area contributed by atoms with Gasteiger partial charge in [0.05, 0.1) is 11.0 Å². The number of aryl methyl sites for hydroxylation is 1. The number of fused-ring (bicyclic) bond motifs is 7. The Morgan fingerprint density at radius 3 is 2.25 bits per heavy atom. The molecule has 5 nitrogen and oxygen atoms in total. The average molecular weight is 676 g/mol. The second-order valence-electron chi connectivity index (χ2n) is 14.9. The van der Waals surface area contributed by atoms with Gasteiger partial charge in [0.2, 0.25) is 5.96 Å². The SMILES string of the molecule is Cc1ccc2c(c1)c1cc(-c3ccc4c(c3)c3ccccc3n4C(=N)N=C(N=Cc3ccccc3)C3C=CCCC3)ccc1n2C1CC=CC2CC21. The van der Waals surface area contributed by atoms with Crippen LogP contribution in [0, 0.1) is 30.1 Å². The van der Waals surface area contributed by atoms with Crippen molar-refractivity contribution in [3.8, 4) is 11.1 Å². The summed E-state index contributed by atoms with van der Waals surface area (Å²) in [6.07, 6.45) is 16.7. The van der Waals surface area contributed by atoms with Gasteiger partial charge < -0.3 is 4.57 Å². The Kier molecular flexibility index (Phi) is 7.41. The first-order valence-electron chi connectivity index (χ1n) is 18.8. The van der Waals surface area contributed by atoms with Crippen LogP contribution in [-0.4, -0.2) is 27.1 Å². The Labute approximate surface area is 303 Å². The number of para-hydroxylation sites is 1. The lowest BCUT2D eigenvalue weighted by atomic mass is 9.95. The summed E-state index contributed by atoms with van der Waals surface area (Å²) in [6.45, 7) is 2.20. The van der Waals surface area contributed by atoms with Crippen molar-refractivity contribution in [2.45, 2.75) is 45.1 Å². The van der Waals surface area contributed by atoms with E-state index in [4.69, 9.17) is 9.98 Å². The number of aromatic nitrogens is 2. The predicted molar refractivity (Wildman–Crippen MR) is 218 cm³/mol. The summed E-state index contributed by atoms with van der Waals surface area (Å²) in [6, 6.07) is 39.7. The minimum absolute atomic E-state index is 0.0821. The number of rotatable bonds is 4. The molecule has 52 heavy (non-hydrogen) atoms. The summed E-state index contributed by atoms with van der Waals surface area (Å²) in [5, 5.41) is 14.3. The zero-order valence-corrected chi connectivity index (χ0v) is 29.4. The molecule has 3 aliphatic rings. The number of nitrogens with one attached hydrogen (secondary N) is 1. The first kappa shape index (κ1) is 31.0. The lowest BCUT2D eigenvalue weighted by Gasteiger charge is -2.22. The molecule has 0 radical (unpaired) electrons. The van der Waals surface area contributed by atoms with Crippen molar-refractivity contribution in [1.82, 2.24) is 9.13 Å². The van der Waals surface area contributed by atoms with Gasteiger partial charge in [0.15, 0.2) is 0 Å². The van der Waals surface area contributed by atoms with Crippen LogP contribution in [0.1, 0.15) is 49.3 Å². The van der Waals surface area contributed by atoms with Gasteiger partial charge in [-0.05, 0) is 110 Å². The Hall–Kier alpha value is -5.81. The Balaban J connectivity index is 1.08. The second kappa shape index (κ2) is 12.4. The first-order chi connectivity index (χ1) is 25.6. The number of allylic oxidation sites excluding steroid dienone is 3. The van der Waals surface area contributed by atoms with Gasteiger partial charge in [0, 0.05) is 50.8 Å².